The van der Waals surface area contributed by atoms with Crippen molar-refractivity contribution in [1.29, 1.82) is 0 Å². The smallest absolute Gasteiger partial charge is 0.220 e. The summed E-state index contributed by atoms with van der Waals surface area (Å²) in [5, 5.41) is 19.9. The van der Waals surface area contributed by atoms with Crippen LogP contribution >= 0.6 is 11.6 Å². The summed E-state index contributed by atoms with van der Waals surface area (Å²) in [7, 11) is 0. The van der Waals surface area contributed by atoms with Gasteiger partial charge >= 0.3 is 0 Å². The summed E-state index contributed by atoms with van der Waals surface area (Å²) < 4.78 is 0. The Hall–Kier alpha value is -2.60. The summed E-state index contributed by atoms with van der Waals surface area (Å²) >= 11 is 5.98. The lowest BCUT2D eigenvalue weighted by Crippen LogP contribution is -2.37. The first-order valence-electron chi connectivity index (χ1n) is 10.6. The fraction of sp³-hybridized carbons (Fsp3) is 0.320. The van der Waals surface area contributed by atoms with E-state index in [9.17, 15) is 9.90 Å². The number of nitrogens with one attached hydrogen (secondary N) is 3. The van der Waals surface area contributed by atoms with Crippen molar-refractivity contribution in [2.45, 2.75) is 45.5 Å². The van der Waals surface area contributed by atoms with Crippen LogP contribution < -0.4 is 16.0 Å². The summed E-state index contributed by atoms with van der Waals surface area (Å²) in [6.07, 6.45) is 18.0. The van der Waals surface area contributed by atoms with Crippen molar-refractivity contribution in [3.63, 3.8) is 0 Å². The highest BCUT2D eigenvalue weighted by Gasteiger charge is 2.05. The van der Waals surface area contributed by atoms with Crippen molar-refractivity contribution in [2.24, 2.45) is 0 Å². The highest BCUT2D eigenvalue weighted by molar-refractivity contribution is 6.31. The van der Waals surface area contributed by atoms with Crippen molar-refractivity contribution in [3.05, 3.63) is 89.0 Å². The molecule has 0 saturated heterocycles. The second-order valence-electron chi connectivity index (χ2n) is 7.15. The second-order valence-corrected chi connectivity index (χ2v) is 7.59. The van der Waals surface area contributed by atoms with Crippen LogP contribution in [0.4, 0.5) is 5.69 Å². The Bertz CT molecular complexity index is 839. The predicted octanol–water partition coefficient (Wildman–Crippen LogP) is 4.89. The lowest BCUT2D eigenvalue weighted by Gasteiger charge is -2.16. The van der Waals surface area contributed by atoms with Crippen LogP contribution in [0.15, 0.2) is 83.5 Å². The molecule has 1 atom stereocenters. The fourth-order valence-electron chi connectivity index (χ4n) is 2.85. The maximum absolute atomic E-state index is 11.9. The Morgan fingerprint density at radius 1 is 1.13 bits per heavy atom. The van der Waals surface area contributed by atoms with Crippen LogP contribution in [0.2, 0.25) is 0 Å². The Labute approximate surface area is 190 Å². The highest BCUT2D eigenvalue weighted by Crippen LogP contribution is 2.13. The quantitative estimate of drug-likeness (QED) is 0.275. The van der Waals surface area contributed by atoms with E-state index in [4.69, 9.17) is 11.6 Å². The summed E-state index contributed by atoms with van der Waals surface area (Å²) in [5.74, 6) is 0.0378. The predicted molar refractivity (Wildman–Crippen MR) is 130 cm³/mol. The topological polar surface area (TPSA) is 73.4 Å². The fourth-order valence-corrected chi connectivity index (χ4v) is 3.00. The lowest BCUT2D eigenvalue weighted by atomic mass is 10.2. The molecule has 0 fully saturated rings. The number of carbonyl (C=O) groups excluding carboxylic acids is 1. The minimum atomic E-state index is -0.882. The molecule has 0 aromatic heterocycles. The minimum Gasteiger partial charge on any atom is -0.361 e. The molecule has 2 rings (SSSR count). The van der Waals surface area contributed by atoms with Crippen molar-refractivity contribution < 1.29 is 9.90 Å². The van der Waals surface area contributed by atoms with E-state index >= 15 is 0 Å². The number of aliphatic hydroxyl groups is 1. The lowest BCUT2D eigenvalue weighted by molar-refractivity contribution is -0.121. The SMILES string of the molecule is C/C=C\C/C=C\CCC(=O)NCc1ccc(NC(O)NCC2=CCC=C(Cl)C=C2)cc1. The maximum atomic E-state index is 11.9. The molecule has 166 valence electrons. The number of hydrogen-bond acceptors (Lipinski definition) is 4. The molecule has 0 aliphatic heterocycles. The molecular weight excluding hydrogens is 410 g/mol. The highest BCUT2D eigenvalue weighted by atomic mass is 35.5. The van der Waals surface area contributed by atoms with Crippen molar-refractivity contribution in [2.75, 3.05) is 11.9 Å². The molecule has 0 heterocycles. The molecule has 1 aliphatic rings. The Kier molecular flexibility index (Phi) is 11.5. The van der Waals surface area contributed by atoms with E-state index in [1.165, 1.54) is 0 Å². The Balaban J connectivity index is 1.66. The normalized spacial score (nSPS) is 14.9. The van der Waals surface area contributed by atoms with Crippen LogP contribution in [0, 0.1) is 0 Å². The first-order chi connectivity index (χ1) is 15.1. The third-order valence-electron chi connectivity index (χ3n) is 4.61. The molecule has 1 amide bonds. The van der Waals surface area contributed by atoms with Gasteiger partial charge in [0, 0.05) is 30.2 Å². The summed E-state index contributed by atoms with van der Waals surface area (Å²) in [5.41, 5.74) is 2.85. The van der Waals surface area contributed by atoms with Crippen molar-refractivity contribution in [3.8, 4) is 0 Å². The molecule has 6 heteroatoms. The number of halogens is 1. The molecule has 1 aromatic carbocycles. The molecule has 1 aliphatic carbocycles. The van der Waals surface area contributed by atoms with E-state index in [1.54, 1.807) is 0 Å². The van der Waals surface area contributed by atoms with Gasteiger partial charge in [-0.15, -0.1) is 0 Å². The number of benzene rings is 1. The first-order valence-corrected chi connectivity index (χ1v) is 11.0. The van der Waals surface area contributed by atoms with E-state index in [0.717, 1.165) is 41.1 Å². The molecule has 4 N–H and O–H groups in total. The van der Waals surface area contributed by atoms with Gasteiger partial charge in [-0.1, -0.05) is 66.3 Å². The van der Waals surface area contributed by atoms with Crippen LogP contribution in [0.1, 0.15) is 38.2 Å². The molecular formula is C25H32ClN3O2. The number of amides is 1. The average Bonchev–Trinajstić information content (AvgIpc) is 2.98. The monoisotopic (exact) mass is 441 g/mol. The summed E-state index contributed by atoms with van der Waals surface area (Å²) in [4.78, 5) is 11.9. The molecule has 0 spiro atoms. The zero-order valence-electron chi connectivity index (χ0n) is 18.0. The van der Waals surface area contributed by atoms with Gasteiger partial charge in [-0.05, 0) is 55.5 Å². The molecule has 0 saturated carbocycles. The average molecular weight is 442 g/mol. The van der Waals surface area contributed by atoms with E-state index in [-0.39, 0.29) is 5.91 Å². The Morgan fingerprint density at radius 2 is 1.94 bits per heavy atom. The molecule has 31 heavy (non-hydrogen) atoms. The van der Waals surface area contributed by atoms with E-state index in [2.05, 4.69) is 34.2 Å². The van der Waals surface area contributed by atoms with Gasteiger partial charge in [-0.3, -0.25) is 10.1 Å². The van der Waals surface area contributed by atoms with Gasteiger partial charge in [0.25, 0.3) is 0 Å². The molecule has 1 unspecified atom stereocenters. The maximum Gasteiger partial charge on any atom is 0.220 e. The zero-order chi connectivity index (χ0) is 22.3. The van der Waals surface area contributed by atoms with Gasteiger partial charge in [0.1, 0.15) is 0 Å². The number of carbonyl (C=O) groups is 1. The van der Waals surface area contributed by atoms with Crippen molar-refractivity contribution >= 4 is 23.2 Å². The minimum absolute atomic E-state index is 0.0378. The van der Waals surface area contributed by atoms with Gasteiger partial charge in [0.05, 0.1) is 0 Å². The van der Waals surface area contributed by atoms with Crippen LogP contribution in [0.5, 0.6) is 0 Å². The van der Waals surface area contributed by atoms with Gasteiger partial charge in [0.2, 0.25) is 5.91 Å². The largest absolute Gasteiger partial charge is 0.361 e. The molecule has 0 radical (unpaired) electrons. The zero-order valence-corrected chi connectivity index (χ0v) is 18.7. The number of aliphatic hydroxyl groups excluding tert-OH is 1. The van der Waals surface area contributed by atoms with E-state index in [0.29, 0.717) is 19.5 Å². The van der Waals surface area contributed by atoms with Crippen LogP contribution in [0.3, 0.4) is 0 Å². The second kappa shape index (κ2) is 14.4. The number of anilines is 1. The van der Waals surface area contributed by atoms with Gasteiger partial charge in [-0.25, -0.2) is 0 Å². The number of allylic oxidation sites excluding steroid dienone is 8. The molecule has 5 nitrogen and oxygen atoms in total. The third-order valence-corrected chi connectivity index (χ3v) is 4.89. The van der Waals surface area contributed by atoms with E-state index in [1.807, 2.05) is 61.6 Å². The third kappa shape index (κ3) is 10.8. The van der Waals surface area contributed by atoms with Gasteiger partial charge < -0.3 is 15.7 Å². The standard InChI is InChI=1S/C25H32ClN3O2/c1-2-3-4-5-6-7-11-24(30)27-18-21-13-16-23(17-14-21)29-25(31)28-19-20-9-8-10-22(26)15-12-20/h2-3,5-6,9-10,12-17,25,28-29,31H,4,7-8,11,18-19H2,1H3,(H,27,30)/b3-2-,6-5-. The number of rotatable bonds is 12. The first kappa shape index (κ1) is 24.7. The van der Waals surface area contributed by atoms with Gasteiger partial charge in [0.15, 0.2) is 6.35 Å². The molecule has 1 aromatic rings. The van der Waals surface area contributed by atoms with E-state index < -0.39 is 6.35 Å². The van der Waals surface area contributed by atoms with Gasteiger partial charge in [-0.2, -0.15) is 0 Å². The van der Waals surface area contributed by atoms with Crippen molar-refractivity contribution in [1.82, 2.24) is 10.6 Å². The molecule has 0 bridgehead atoms. The van der Waals surface area contributed by atoms with Crippen LogP contribution in [-0.4, -0.2) is 23.9 Å². The van der Waals surface area contributed by atoms with Crippen LogP contribution in [-0.2, 0) is 11.3 Å². The summed E-state index contributed by atoms with van der Waals surface area (Å²) in [6, 6.07) is 7.61. The summed E-state index contributed by atoms with van der Waals surface area (Å²) in [6.45, 7) is 3.00. The Morgan fingerprint density at radius 3 is 2.71 bits per heavy atom. The van der Waals surface area contributed by atoms with Crippen LogP contribution in [0.25, 0.3) is 0 Å². The number of hydrogen-bond donors (Lipinski definition) is 4.